The number of halogens is 1. The third kappa shape index (κ3) is 6.35. The van der Waals surface area contributed by atoms with Crippen molar-refractivity contribution in [2.45, 2.75) is 64.0 Å². The van der Waals surface area contributed by atoms with Crippen LogP contribution in [0, 0.1) is 5.92 Å². The Balaban J connectivity index is 0.00000280. The predicted molar refractivity (Wildman–Crippen MR) is 123 cm³/mol. The van der Waals surface area contributed by atoms with Crippen molar-refractivity contribution in [2.24, 2.45) is 10.9 Å². The average Bonchev–Trinajstić information content (AvgIpc) is 3.21. The van der Waals surface area contributed by atoms with Crippen molar-refractivity contribution >= 4 is 35.8 Å². The summed E-state index contributed by atoms with van der Waals surface area (Å²) < 4.78 is 2.20. The standard InChI is InChI=1S/C20H34N6O.HI/c1-16-9-12-25(14-18(16)26-13-11-22-15-26)20(21-2)23-10-8-19(27)24-17-6-4-3-5-7-17;/h11,13,15-18H,3-10,12,14H2,1-2H3,(H,21,23)(H,24,27);1H. The third-order valence-electron chi connectivity index (χ3n) is 5.94. The minimum absolute atomic E-state index is 0. The highest BCUT2D eigenvalue weighted by atomic mass is 127. The minimum Gasteiger partial charge on any atom is -0.356 e. The van der Waals surface area contributed by atoms with E-state index < -0.39 is 0 Å². The molecule has 1 saturated heterocycles. The molecule has 7 nitrogen and oxygen atoms in total. The molecule has 2 N–H and O–H groups in total. The molecule has 2 fully saturated rings. The lowest BCUT2D eigenvalue weighted by molar-refractivity contribution is -0.121. The second kappa shape index (κ2) is 11.6. The molecule has 2 atom stereocenters. The van der Waals surface area contributed by atoms with Crippen LogP contribution in [0.15, 0.2) is 23.7 Å². The number of carbonyl (C=O) groups excluding carboxylic acids is 1. The summed E-state index contributed by atoms with van der Waals surface area (Å²) in [6.07, 6.45) is 13.4. The maximum absolute atomic E-state index is 12.2. The van der Waals surface area contributed by atoms with Gasteiger partial charge in [-0.1, -0.05) is 26.2 Å². The fourth-order valence-corrected chi connectivity index (χ4v) is 4.26. The number of guanidine groups is 1. The number of amides is 1. The number of likely N-dealkylation sites (tertiary alicyclic amines) is 1. The number of imidazole rings is 1. The molecule has 1 saturated carbocycles. The lowest BCUT2D eigenvalue weighted by Crippen LogP contribution is -2.49. The van der Waals surface area contributed by atoms with Crippen LogP contribution in [0.4, 0.5) is 0 Å². The molecule has 3 rings (SSSR count). The van der Waals surface area contributed by atoms with Crippen molar-refractivity contribution in [3.05, 3.63) is 18.7 Å². The lowest BCUT2D eigenvalue weighted by Gasteiger charge is -2.39. The van der Waals surface area contributed by atoms with Crippen LogP contribution < -0.4 is 10.6 Å². The van der Waals surface area contributed by atoms with Gasteiger partial charge >= 0.3 is 0 Å². The van der Waals surface area contributed by atoms with Gasteiger partial charge in [0.1, 0.15) is 0 Å². The van der Waals surface area contributed by atoms with E-state index in [1.165, 1.54) is 19.3 Å². The van der Waals surface area contributed by atoms with E-state index in [4.69, 9.17) is 0 Å². The predicted octanol–water partition coefficient (Wildman–Crippen LogP) is 2.80. The van der Waals surface area contributed by atoms with Crippen LogP contribution >= 0.6 is 24.0 Å². The number of aromatic nitrogens is 2. The van der Waals surface area contributed by atoms with Crippen molar-refractivity contribution in [3.63, 3.8) is 0 Å². The summed E-state index contributed by atoms with van der Waals surface area (Å²) >= 11 is 0. The molecule has 2 heterocycles. The maximum Gasteiger partial charge on any atom is 0.221 e. The van der Waals surface area contributed by atoms with Gasteiger partial charge in [0.25, 0.3) is 0 Å². The highest BCUT2D eigenvalue weighted by Crippen LogP contribution is 2.27. The Hall–Kier alpha value is -1.32. The van der Waals surface area contributed by atoms with E-state index in [0.717, 1.165) is 38.3 Å². The van der Waals surface area contributed by atoms with E-state index >= 15 is 0 Å². The molecule has 8 heteroatoms. The van der Waals surface area contributed by atoms with Crippen molar-refractivity contribution in [3.8, 4) is 0 Å². The quantitative estimate of drug-likeness (QED) is 0.369. The number of rotatable bonds is 5. The van der Waals surface area contributed by atoms with Crippen LogP contribution in [-0.2, 0) is 4.79 Å². The number of hydrogen-bond donors (Lipinski definition) is 2. The monoisotopic (exact) mass is 502 g/mol. The fourth-order valence-electron chi connectivity index (χ4n) is 4.26. The van der Waals surface area contributed by atoms with E-state index in [9.17, 15) is 4.79 Å². The highest BCUT2D eigenvalue weighted by Gasteiger charge is 2.28. The van der Waals surface area contributed by atoms with E-state index in [1.54, 1.807) is 0 Å². The first-order valence-corrected chi connectivity index (χ1v) is 10.4. The summed E-state index contributed by atoms with van der Waals surface area (Å²) in [7, 11) is 1.81. The molecular weight excluding hydrogens is 467 g/mol. The van der Waals surface area contributed by atoms with E-state index in [-0.39, 0.29) is 29.9 Å². The zero-order valence-corrected chi connectivity index (χ0v) is 19.5. The van der Waals surface area contributed by atoms with E-state index in [2.05, 4.69) is 37.0 Å². The molecule has 2 unspecified atom stereocenters. The summed E-state index contributed by atoms with van der Waals surface area (Å²) in [5, 5.41) is 6.56. The smallest absolute Gasteiger partial charge is 0.221 e. The molecule has 0 radical (unpaired) electrons. The van der Waals surface area contributed by atoms with Gasteiger partial charge in [-0.3, -0.25) is 9.79 Å². The van der Waals surface area contributed by atoms with Gasteiger partial charge in [0.2, 0.25) is 5.91 Å². The van der Waals surface area contributed by atoms with Gasteiger partial charge in [0, 0.05) is 51.5 Å². The summed E-state index contributed by atoms with van der Waals surface area (Å²) in [6.45, 7) is 4.81. The maximum atomic E-state index is 12.2. The number of nitrogens with one attached hydrogen (secondary N) is 2. The molecule has 158 valence electrons. The number of carbonyl (C=O) groups is 1. The van der Waals surface area contributed by atoms with Crippen LogP contribution in [0.3, 0.4) is 0 Å². The average molecular weight is 502 g/mol. The second-order valence-electron chi connectivity index (χ2n) is 7.92. The molecule has 0 bridgehead atoms. The molecular formula is C20H35IN6O. The van der Waals surface area contributed by atoms with Crippen molar-refractivity contribution in [2.75, 3.05) is 26.7 Å². The molecule has 1 aliphatic heterocycles. The van der Waals surface area contributed by atoms with Crippen LogP contribution in [0.5, 0.6) is 0 Å². The Labute approximate surface area is 185 Å². The second-order valence-corrected chi connectivity index (χ2v) is 7.92. The summed E-state index contributed by atoms with van der Waals surface area (Å²) in [4.78, 5) is 23.1. The normalized spacial score (nSPS) is 23.8. The van der Waals surface area contributed by atoms with Gasteiger partial charge in [-0.25, -0.2) is 4.98 Å². The van der Waals surface area contributed by atoms with Gasteiger partial charge in [0.05, 0.1) is 12.4 Å². The molecule has 0 spiro atoms. The van der Waals surface area contributed by atoms with Crippen molar-refractivity contribution < 1.29 is 4.79 Å². The fraction of sp³-hybridized carbons (Fsp3) is 0.750. The molecule has 0 aromatic carbocycles. The zero-order valence-electron chi connectivity index (χ0n) is 17.1. The topological polar surface area (TPSA) is 74.6 Å². The number of hydrogen-bond acceptors (Lipinski definition) is 3. The summed E-state index contributed by atoms with van der Waals surface area (Å²) in [6, 6.07) is 0.777. The summed E-state index contributed by atoms with van der Waals surface area (Å²) in [5.41, 5.74) is 0. The SMILES string of the molecule is CN=C(NCCC(=O)NC1CCCCC1)N1CCC(C)C(n2ccnc2)C1.I. The first-order chi connectivity index (χ1) is 13.2. The number of nitrogens with zero attached hydrogens (tertiary/aromatic N) is 4. The number of piperidine rings is 1. The summed E-state index contributed by atoms with van der Waals surface area (Å²) in [5.74, 6) is 1.64. The Morgan fingerprint density at radius 3 is 2.71 bits per heavy atom. The first kappa shape index (κ1) is 23.0. The van der Waals surface area contributed by atoms with Gasteiger partial charge in [-0.15, -0.1) is 24.0 Å². The Morgan fingerprint density at radius 1 is 1.25 bits per heavy atom. The van der Waals surface area contributed by atoms with Crippen LogP contribution in [0.1, 0.15) is 57.9 Å². The van der Waals surface area contributed by atoms with Crippen LogP contribution in [-0.4, -0.2) is 59.0 Å². The molecule has 1 aromatic heterocycles. The Kier molecular flexibility index (Phi) is 9.53. The Bertz CT molecular complexity index is 614. The largest absolute Gasteiger partial charge is 0.356 e. The van der Waals surface area contributed by atoms with Gasteiger partial charge in [-0.05, 0) is 25.2 Å². The van der Waals surface area contributed by atoms with E-state index in [1.807, 2.05) is 25.8 Å². The first-order valence-electron chi connectivity index (χ1n) is 10.4. The minimum atomic E-state index is 0. The van der Waals surface area contributed by atoms with Crippen molar-refractivity contribution in [1.29, 1.82) is 0 Å². The molecule has 28 heavy (non-hydrogen) atoms. The highest BCUT2D eigenvalue weighted by molar-refractivity contribution is 14.0. The molecule has 2 aliphatic rings. The van der Waals surface area contributed by atoms with Crippen LogP contribution in [0.2, 0.25) is 0 Å². The van der Waals surface area contributed by atoms with Gasteiger partial charge < -0.3 is 20.1 Å². The molecule has 1 aliphatic carbocycles. The Morgan fingerprint density at radius 2 is 2.04 bits per heavy atom. The lowest BCUT2D eigenvalue weighted by atomic mass is 9.93. The third-order valence-corrected chi connectivity index (χ3v) is 5.94. The number of aliphatic imine (C=N–C) groups is 1. The van der Waals surface area contributed by atoms with Gasteiger partial charge in [-0.2, -0.15) is 0 Å². The van der Waals surface area contributed by atoms with Gasteiger partial charge in [0.15, 0.2) is 5.96 Å². The molecule has 1 amide bonds. The van der Waals surface area contributed by atoms with E-state index in [0.29, 0.717) is 31.0 Å². The van der Waals surface area contributed by atoms with Crippen LogP contribution in [0.25, 0.3) is 0 Å². The zero-order chi connectivity index (χ0) is 19.1. The van der Waals surface area contributed by atoms with Crippen molar-refractivity contribution in [1.82, 2.24) is 25.1 Å². The molecule has 1 aromatic rings.